The molecule has 0 heterocycles. The molecule has 1 amide bonds. The van der Waals surface area contributed by atoms with Gasteiger partial charge in [-0.15, -0.1) is 24.2 Å². The lowest BCUT2D eigenvalue weighted by atomic mass is 9.88. The summed E-state index contributed by atoms with van der Waals surface area (Å²) in [4.78, 5) is 13.1. The van der Waals surface area contributed by atoms with Crippen LogP contribution in [0.1, 0.15) is 26.3 Å². The third kappa shape index (κ3) is 5.73. The number of amides is 1. The smallest absolute Gasteiger partial charge is 0.230 e. The highest BCUT2D eigenvalue weighted by molar-refractivity contribution is 8.00. The molecule has 1 rings (SSSR count). The summed E-state index contributed by atoms with van der Waals surface area (Å²) in [5, 5.41) is 3.04. The minimum absolute atomic E-state index is 0. The van der Waals surface area contributed by atoms with Crippen molar-refractivity contribution in [3.05, 3.63) is 29.8 Å². The van der Waals surface area contributed by atoms with Crippen molar-refractivity contribution < 1.29 is 4.79 Å². The number of thioether (sulfide) groups is 1. The Morgan fingerprint density at radius 3 is 2.35 bits per heavy atom. The van der Waals surface area contributed by atoms with Crippen molar-refractivity contribution in [2.45, 2.75) is 38.1 Å². The second-order valence-corrected chi connectivity index (χ2v) is 6.47. The van der Waals surface area contributed by atoms with E-state index >= 15 is 0 Å². The van der Waals surface area contributed by atoms with E-state index in [2.05, 4.69) is 38.2 Å². The van der Waals surface area contributed by atoms with Crippen LogP contribution in [0.4, 0.5) is 0 Å². The van der Waals surface area contributed by atoms with Crippen molar-refractivity contribution in [3.8, 4) is 0 Å². The summed E-state index contributed by atoms with van der Waals surface area (Å²) in [6.45, 7) is 8.63. The highest BCUT2D eigenvalue weighted by Gasteiger charge is 2.28. The summed E-state index contributed by atoms with van der Waals surface area (Å²) in [5.74, 6) is 0.767. The predicted molar refractivity (Wildman–Crippen MR) is 89.6 cm³/mol. The van der Waals surface area contributed by atoms with E-state index in [4.69, 9.17) is 5.73 Å². The molecule has 1 atom stereocenters. The van der Waals surface area contributed by atoms with Gasteiger partial charge in [0.05, 0.1) is 11.3 Å². The molecule has 0 bridgehead atoms. The van der Waals surface area contributed by atoms with Crippen molar-refractivity contribution in [1.29, 1.82) is 0 Å². The minimum Gasteiger partial charge on any atom is -0.349 e. The molecule has 1 aromatic rings. The number of carbonyl (C=O) groups excluding carboxylic acids is 1. The number of hydrogen-bond donors (Lipinski definition) is 2. The molecule has 3 N–H and O–H groups in total. The predicted octanol–water partition coefficient (Wildman–Crippen LogP) is 3.00. The molecule has 20 heavy (non-hydrogen) atoms. The number of rotatable bonds is 6. The molecule has 1 unspecified atom stereocenters. The third-order valence-corrected chi connectivity index (χ3v) is 4.53. The summed E-state index contributed by atoms with van der Waals surface area (Å²) < 4.78 is 0. The number of aryl methyl sites for hydroxylation is 1. The minimum atomic E-state index is -0.328. The summed E-state index contributed by atoms with van der Waals surface area (Å²) >= 11 is 1.55. The van der Waals surface area contributed by atoms with Gasteiger partial charge in [0.25, 0.3) is 0 Å². The zero-order valence-electron chi connectivity index (χ0n) is 12.6. The summed E-state index contributed by atoms with van der Waals surface area (Å²) in [6, 6.07) is 8.19. The second-order valence-electron chi connectivity index (χ2n) is 5.43. The maximum Gasteiger partial charge on any atom is 0.230 e. The first-order valence-corrected chi connectivity index (χ1v) is 7.56. The lowest BCUT2D eigenvalue weighted by molar-refractivity contribution is -0.120. The molecule has 0 spiro atoms. The lowest BCUT2D eigenvalue weighted by Gasteiger charge is -2.33. The molecule has 3 nitrogen and oxygen atoms in total. The molecule has 0 aromatic heterocycles. The maximum absolute atomic E-state index is 12.0. The van der Waals surface area contributed by atoms with Gasteiger partial charge in [0.2, 0.25) is 5.91 Å². The van der Waals surface area contributed by atoms with E-state index < -0.39 is 0 Å². The first-order valence-electron chi connectivity index (χ1n) is 6.58. The lowest BCUT2D eigenvalue weighted by Crippen LogP contribution is -2.55. The Morgan fingerprint density at radius 1 is 1.35 bits per heavy atom. The highest BCUT2D eigenvalue weighted by atomic mass is 35.5. The van der Waals surface area contributed by atoms with Crippen molar-refractivity contribution in [2.75, 3.05) is 12.3 Å². The number of halogens is 1. The van der Waals surface area contributed by atoms with Crippen LogP contribution in [0, 0.1) is 12.8 Å². The molecule has 5 heteroatoms. The van der Waals surface area contributed by atoms with Gasteiger partial charge < -0.3 is 11.1 Å². The number of benzene rings is 1. The van der Waals surface area contributed by atoms with Crippen LogP contribution in [0.5, 0.6) is 0 Å². The molecule has 0 saturated carbocycles. The van der Waals surface area contributed by atoms with Gasteiger partial charge in [-0.25, -0.2) is 0 Å². The van der Waals surface area contributed by atoms with Crippen molar-refractivity contribution in [3.63, 3.8) is 0 Å². The van der Waals surface area contributed by atoms with Crippen LogP contribution in [-0.2, 0) is 4.79 Å². The molecule has 0 fully saturated rings. The molecule has 0 aliphatic heterocycles. The number of nitrogens with one attached hydrogen (secondary N) is 1. The summed E-state index contributed by atoms with van der Waals surface area (Å²) in [5.41, 5.74) is 6.66. The highest BCUT2D eigenvalue weighted by Crippen LogP contribution is 2.19. The van der Waals surface area contributed by atoms with Crippen LogP contribution in [0.25, 0.3) is 0 Å². The number of hydrogen-bond acceptors (Lipinski definition) is 3. The Labute approximate surface area is 132 Å². The van der Waals surface area contributed by atoms with Crippen molar-refractivity contribution in [1.82, 2.24) is 5.32 Å². The SMILES string of the molecule is Cc1ccc(SCC(=O)NC(C)(CN)C(C)C)cc1.Cl. The Morgan fingerprint density at radius 2 is 1.90 bits per heavy atom. The van der Waals surface area contributed by atoms with E-state index in [9.17, 15) is 4.79 Å². The van der Waals surface area contributed by atoms with Crippen LogP contribution in [0.15, 0.2) is 29.2 Å². The Bertz CT molecular complexity index is 422. The van der Waals surface area contributed by atoms with E-state index in [-0.39, 0.29) is 23.9 Å². The van der Waals surface area contributed by atoms with Gasteiger partial charge >= 0.3 is 0 Å². The average Bonchev–Trinajstić information content (AvgIpc) is 2.37. The van der Waals surface area contributed by atoms with Gasteiger partial charge in [0, 0.05) is 11.4 Å². The molecule has 1 aromatic carbocycles. The van der Waals surface area contributed by atoms with Gasteiger partial charge in [-0.3, -0.25) is 4.79 Å². The van der Waals surface area contributed by atoms with Gasteiger partial charge in [-0.2, -0.15) is 0 Å². The molecular formula is C15H25ClN2OS. The van der Waals surface area contributed by atoms with E-state index in [0.29, 0.717) is 18.2 Å². The van der Waals surface area contributed by atoms with Crippen LogP contribution in [0.2, 0.25) is 0 Å². The quantitative estimate of drug-likeness (QED) is 0.793. The van der Waals surface area contributed by atoms with E-state index in [0.717, 1.165) is 4.90 Å². The topological polar surface area (TPSA) is 55.1 Å². The fourth-order valence-electron chi connectivity index (χ4n) is 1.57. The zero-order chi connectivity index (χ0) is 14.5. The van der Waals surface area contributed by atoms with Crippen LogP contribution in [-0.4, -0.2) is 23.7 Å². The van der Waals surface area contributed by atoms with Crippen LogP contribution >= 0.6 is 24.2 Å². The first-order chi connectivity index (χ1) is 8.87. The monoisotopic (exact) mass is 316 g/mol. The summed E-state index contributed by atoms with van der Waals surface area (Å²) in [6.07, 6.45) is 0. The van der Waals surface area contributed by atoms with E-state index in [1.54, 1.807) is 11.8 Å². The molecule has 0 saturated heterocycles. The van der Waals surface area contributed by atoms with Crippen molar-refractivity contribution in [2.24, 2.45) is 11.7 Å². The van der Waals surface area contributed by atoms with Crippen LogP contribution in [0.3, 0.4) is 0 Å². The first kappa shape index (κ1) is 19.3. The third-order valence-electron chi connectivity index (χ3n) is 3.51. The van der Waals surface area contributed by atoms with Gasteiger partial charge in [-0.1, -0.05) is 31.5 Å². The fourth-order valence-corrected chi connectivity index (χ4v) is 2.27. The number of carbonyl (C=O) groups is 1. The largest absolute Gasteiger partial charge is 0.349 e. The Balaban J connectivity index is 0.00000361. The molecule has 0 aliphatic rings. The van der Waals surface area contributed by atoms with E-state index in [1.807, 2.05) is 19.1 Å². The maximum atomic E-state index is 12.0. The van der Waals surface area contributed by atoms with Gasteiger partial charge in [0.1, 0.15) is 0 Å². The molecular weight excluding hydrogens is 292 g/mol. The molecule has 0 aliphatic carbocycles. The van der Waals surface area contributed by atoms with Gasteiger partial charge in [-0.05, 0) is 31.9 Å². The molecule has 0 radical (unpaired) electrons. The Kier molecular flexibility index (Phi) is 8.25. The zero-order valence-corrected chi connectivity index (χ0v) is 14.2. The van der Waals surface area contributed by atoms with Gasteiger partial charge in [0.15, 0.2) is 0 Å². The Hall–Kier alpha value is -0.710. The average molecular weight is 317 g/mol. The number of nitrogens with two attached hydrogens (primary N) is 1. The van der Waals surface area contributed by atoms with Crippen molar-refractivity contribution >= 4 is 30.1 Å². The summed E-state index contributed by atoms with van der Waals surface area (Å²) in [7, 11) is 0. The molecule has 114 valence electrons. The second kappa shape index (κ2) is 8.55. The fraction of sp³-hybridized carbons (Fsp3) is 0.533. The van der Waals surface area contributed by atoms with E-state index in [1.165, 1.54) is 5.56 Å². The normalized spacial score (nSPS) is 13.5. The van der Waals surface area contributed by atoms with Crippen LogP contribution < -0.4 is 11.1 Å². The standard InChI is InChI=1S/C15H24N2OS.ClH/c1-11(2)15(4,10-16)17-14(18)9-19-13-7-5-12(3)6-8-13;/h5-8,11H,9-10,16H2,1-4H3,(H,17,18);1H.